The summed E-state index contributed by atoms with van der Waals surface area (Å²) >= 11 is 0. The van der Waals surface area contributed by atoms with E-state index in [-0.39, 0.29) is 18.2 Å². The third-order valence-corrected chi connectivity index (χ3v) is 4.53. The Bertz CT molecular complexity index is 402. The summed E-state index contributed by atoms with van der Waals surface area (Å²) in [6, 6.07) is 8.26. The van der Waals surface area contributed by atoms with Crippen LogP contribution in [-0.4, -0.2) is 29.9 Å². The molecule has 0 amide bonds. The van der Waals surface area contributed by atoms with Crippen LogP contribution in [0.5, 0.6) is 5.75 Å². The summed E-state index contributed by atoms with van der Waals surface area (Å²) < 4.78 is 5.94. The first-order valence-electron chi connectivity index (χ1n) is 7.42. The lowest BCUT2D eigenvalue weighted by Crippen LogP contribution is -2.52. The van der Waals surface area contributed by atoms with Gasteiger partial charge in [-0.3, -0.25) is 0 Å². The van der Waals surface area contributed by atoms with Crippen molar-refractivity contribution in [3.8, 4) is 5.75 Å². The number of hydrogen-bond donors (Lipinski definition) is 2. The molecule has 0 radical (unpaired) electrons. The van der Waals surface area contributed by atoms with Crippen molar-refractivity contribution in [3.05, 3.63) is 29.8 Å². The summed E-state index contributed by atoms with van der Waals surface area (Å²) in [7, 11) is 0. The first-order chi connectivity index (χ1) is 9.31. The SMILES string of the molecule is OCC1(NCC2Cc3ccccc3O2)CCCCC1. The van der Waals surface area contributed by atoms with Crippen LogP contribution in [0.1, 0.15) is 37.7 Å². The van der Waals surface area contributed by atoms with E-state index in [1.54, 1.807) is 0 Å². The van der Waals surface area contributed by atoms with Crippen molar-refractivity contribution >= 4 is 0 Å². The molecule has 3 nitrogen and oxygen atoms in total. The number of para-hydroxylation sites is 1. The molecule has 19 heavy (non-hydrogen) atoms. The Kier molecular flexibility index (Phi) is 3.76. The minimum absolute atomic E-state index is 0.0591. The Morgan fingerprint density at radius 1 is 1.21 bits per heavy atom. The molecule has 1 aromatic rings. The van der Waals surface area contributed by atoms with Crippen molar-refractivity contribution in [1.82, 2.24) is 5.32 Å². The third kappa shape index (κ3) is 2.77. The maximum absolute atomic E-state index is 9.69. The quantitative estimate of drug-likeness (QED) is 0.873. The Labute approximate surface area is 115 Å². The van der Waals surface area contributed by atoms with Gasteiger partial charge in [0, 0.05) is 18.5 Å². The van der Waals surface area contributed by atoms with Gasteiger partial charge in [-0.15, -0.1) is 0 Å². The van der Waals surface area contributed by atoms with Gasteiger partial charge in [0.1, 0.15) is 11.9 Å². The standard InChI is InChI=1S/C16H23NO2/c18-12-16(8-4-1-5-9-16)17-11-14-10-13-6-2-3-7-15(13)19-14/h2-3,6-7,14,17-18H,1,4-5,8-12H2. The minimum Gasteiger partial charge on any atom is -0.488 e. The van der Waals surface area contributed by atoms with Crippen LogP contribution in [0.25, 0.3) is 0 Å². The second kappa shape index (κ2) is 5.51. The minimum atomic E-state index is -0.0591. The third-order valence-electron chi connectivity index (χ3n) is 4.53. The van der Waals surface area contributed by atoms with Crippen molar-refractivity contribution in [2.24, 2.45) is 0 Å². The van der Waals surface area contributed by atoms with Crippen molar-refractivity contribution in [1.29, 1.82) is 0 Å². The summed E-state index contributed by atoms with van der Waals surface area (Å²) in [4.78, 5) is 0. The zero-order valence-electron chi connectivity index (χ0n) is 11.4. The maximum Gasteiger partial charge on any atom is 0.123 e. The van der Waals surface area contributed by atoms with E-state index in [1.165, 1.54) is 24.8 Å². The van der Waals surface area contributed by atoms with E-state index in [0.717, 1.165) is 31.6 Å². The summed E-state index contributed by atoms with van der Waals surface area (Å²) in [5.74, 6) is 1.02. The van der Waals surface area contributed by atoms with E-state index in [2.05, 4.69) is 17.4 Å². The highest BCUT2D eigenvalue weighted by atomic mass is 16.5. The van der Waals surface area contributed by atoms with Gasteiger partial charge in [0.05, 0.1) is 6.61 Å². The lowest BCUT2D eigenvalue weighted by atomic mass is 9.82. The monoisotopic (exact) mass is 261 g/mol. The van der Waals surface area contributed by atoms with Crippen LogP contribution in [0, 0.1) is 0 Å². The van der Waals surface area contributed by atoms with Crippen LogP contribution >= 0.6 is 0 Å². The van der Waals surface area contributed by atoms with Gasteiger partial charge >= 0.3 is 0 Å². The van der Waals surface area contributed by atoms with Gasteiger partial charge in [0.25, 0.3) is 0 Å². The summed E-state index contributed by atoms with van der Waals surface area (Å²) in [5.41, 5.74) is 1.24. The number of hydrogen-bond acceptors (Lipinski definition) is 3. The van der Waals surface area contributed by atoms with Crippen LogP contribution in [-0.2, 0) is 6.42 Å². The fourth-order valence-electron chi connectivity index (χ4n) is 3.32. The average molecular weight is 261 g/mol. The van der Waals surface area contributed by atoms with E-state index in [4.69, 9.17) is 4.74 Å². The maximum atomic E-state index is 9.69. The molecule has 1 saturated carbocycles. The Balaban J connectivity index is 1.56. The Morgan fingerprint density at radius 2 is 2.00 bits per heavy atom. The molecule has 0 saturated heterocycles. The average Bonchev–Trinajstić information content (AvgIpc) is 2.89. The van der Waals surface area contributed by atoms with Gasteiger partial charge in [-0.1, -0.05) is 37.5 Å². The number of aliphatic hydroxyl groups is 1. The molecule has 1 fully saturated rings. The van der Waals surface area contributed by atoms with Crippen LogP contribution < -0.4 is 10.1 Å². The zero-order valence-corrected chi connectivity index (χ0v) is 11.4. The fourth-order valence-corrected chi connectivity index (χ4v) is 3.32. The van der Waals surface area contributed by atoms with Crippen molar-refractivity contribution < 1.29 is 9.84 Å². The summed E-state index contributed by atoms with van der Waals surface area (Å²) in [6.45, 7) is 1.07. The lowest BCUT2D eigenvalue weighted by molar-refractivity contribution is 0.105. The molecule has 2 N–H and O–H groups in total. The van der Waals surface area contributed by atoms with Crippen molar-refractivity contribution in [2.75, 3.05) is 13.2 Å². The summed E-state index contributed by atoms with van der Waals surface area (Å²) in [5, 5.41) is 13.3. The van der Waals surface area contributed by atoms with E-state index < -0.39 is 0 Å². The molecular weight excluding hydrogens is 238 g/mol. The molecule has 1 unspecified atom stereocenters. The van der Waals surface area contributed by atoms with Crippen LogP contribution in [0.2, 0.25) is 0 Å². The number of rotatable bonds is 4. The molecule has 3 rings (SSSR count). The molecule has 1 atom stereocenters. The number of fused-ring (bicyclic) bond motifs is 1. The largest absolute Gasteiger partial charge is 0.488 e. The Morgan fingerprint density at radius 3 is 2.74 bits per heavy atom. The smallest absolute Gasteiger partial charge is 0.123 e. The molecule has 1 heterocycles. The number of nitrogens with one attached hydrogen (secondary N) is 1. The topological polar surface area (TPSA) is 41.5 Å². The van der Waals surface area contributed by atoms with E-state index in [0.29, 0.717) is 0 Å². The fraction of sp³-hybridized carbons (Fsp3) is 0.625. The molecule has 1 aromatic carbocycles. The lowest BCUT2D eigenvalue weighted by Gasteiger charge is -2.37. The first-order valence-corrected chi connectivity index (χ1v) is 7.42. The van der Waals surface area contributed by atoms with Gasteiger partial charge in [-0.2, -0.15) is 0 Å². The second-order valence-corrected chi connectivity index (χ2v) is 5.93. The second-order valence-electron chi connectivity index (χ2n) is 5.93. The highest BCUT2D eigenvalue weighted by Gasteiger charge is 2.32. The van der Waals surface area contributed by atoms with E-state index >= 15 is 0 Å². The van der Waals surface area contributed by atoms with Crippen molar-refractivity contribution in [2.45, 2.75) is 50.2 Å². The predicted octanol–water partition coefficient (Wildman–Crippen LogP) is 2.27. The highest BCUT2D eigenvalue weighted by molar-refractivity contribution is 5.37. The van der Waals surface area contributed by atoms with Gasteiger partial charge in [0.2, 0.25) is 0 Å². The van der Waals surface area contributed by atoms with Crippen LogP contribution in [0.15, 0.2) is 24.3 Å². The molecule has 2 aliphatic rings. The zero-order chi connectivity index (χ0) is 13.1. The molecule has 1 aliphatic heterocycles. The molecule has 0 aromatic heterocycles. The van der Waals surface area contributed by atoms with Gasteiger partial charge in [0.15, 0.2) is 0 Å². The molecular formula is C16H23NO2. The normalized spacial score (nSPS) is 24.8. The van der Waals surface area contributed by atoms with Gasteiger partial charge < -0.3 is 15.2 Å². The predicted molar refractivity (Wildman–Crippen MR) is 75.5 cm³/mol. The van der Waals surface area contributed by atoms with Crippen LogP contribution in [0.3, 0.4) is 0 Å². The van der Waals surface area contributed by atoms with Gasteiger partial charge in [-0.05, 0) is 24.5 Å². The molecule has 0 spiro atoms. The van der Waals surface area contributed by atoms with Gasteiger partial charge in [-0.25, -0.2) is 0 Å². The number of benzene rings is 1. The molecule has 0 bridgehead atoms. The molecule has 1 aliphatic carbocycles. The summed E-state index contributed by atoms with van der Waals surface area (Å²) in [6.07, 6.45) is 7.10. The number of ether oxygens (including phenoxy) is 1. The van der Waals surface area contributed by atoms with Crippen LogP contribution in [0.4, 0.5) is 0 Å². The van der Waals surface area contributed by atoms with Crippen molar-refractivity contribution in [3.63, 3.8) is 0 Å². The number of aliphatic hydroxyl groups excluding tert-OH is 1. The first kappa shape index (κ1) is 12.9. The highest BCUT2D eigenvalue weighted by Crippen LogP contribution is 2.30. The van der Waals surface area contributed by atoms with E-state index in [1.807, 2.05) is 12.1 Å². The Hall–Kier alpha value is -1.06. The molecule has 104 valence electrons. The van der Waals surface area contributed by atoms with E-state index in [9.17, 15) is 5.11 Å². The molecule has 3 heteroatoms.